The summed E-state index contributed by atoms with van der Waals surface area (Å²) < 4.78 is 5.36. The first-order valence-electron chi connectivity index (χ1n) is 7.74. The topological polar surface area (TPSA) is 38.3 Å². The Hall–Kier alpha value is -1.07. The van der Waals surface area contributed by atoms with Crippen molar-refractivity contribution < 1.29 is 9.53 Å². The Morgan fingerprint density at radius 1 is 1.12 bits per heavy atom. The largest absolute Gasteiger partial charge is 0.492 e. The van der Waals surface area contributed by atoms with Gasteiger partial charge in [0.1, 0.15) is 5.75 Å². The Labute approximate surface area is 167 Å². The molecule has 0 aliphatic carbocycles. The molecule has 0 saturated heterocycles. The molecule has 134 valence electrons. The van der Waals surface area contributed by atoms with Crippen LogP contribution < -0.4 is 10.1 Å². The number of hydrogen-bond acceptors (Lipinski definition) is 3. The first-order valence-corrected chi connectivity index (χ1v) is 10.0. The van der Waals surface area contributed by atoms with Gasteiger partial charge in [-0.15, -0.1) is 0 Å². The van der Waals surface area contributed by atoms with Crippen molar-refractivity contribution in [2.75, 3.05) is 18.9 Å². The molecule has 3 nitrogen and oxygen atoms in total. The second-order valence-electron chi connectivity index (χ2n) is 5.09. The molecule has 1 N–H and O–H groups in total. The number of benzene rings is 2. The van der Waals surface area contributed by atoms with Crippen molar-refractivity contribution in [1.29, 1.82) is 0 Å². The Morgan fingerprint density at radius 2 is 1.84 bits per heavy atom. The third-order valence-electron chi connectivity index (χ3n) is 3.33. The fourth-order valence-electron chi connectivity index (χ4n) is 2.10. The number of carbonyl (C=O) groups excluding carboxylic acids is 1. The Balaban J connectivity index is 1.78. The van der Waals surface area contributed by atoms with E-state index in [0.717, 1.165) is 11.3 Å². The lowest BCUT2D eigenvalue weighted by molar-refractivity contribution is 0.0956. The molecule has 1 amide bonds. The van der Waals surface area contributed by atoms with Crippen molar-refractivity contribution in [3.8, 4) is 5.75 Å². The van der Waals surface area contributed by atoms with Crippen molar-refractivity contribution in [3.63, 3.8) is 0 Å². The van der Waals surface area contributed by atoms with Crippen LogP contribution in [0.2, 0.25) is 15.1 Å². The zero-order valence-corrected chi connectivity index (χ0v) is 16.7. The summed E-state index contributed by atoms with van der Waals surface area (Å²) in [6, 6.07) is 10.5. The molecule has 0 saturated carbocycles. The predicted octanol–water partition coefficient (Wildman–Crippen LogP) is 5.71. The quantitative estimate of drug-likeness (QED) is 0.558. The summed E-state index contributed by atoms with van der Waals surface area (Å²) in [5.74, 6) is 1.86. The van der Waals surface area contributed by atoms with E-state index in [-0.39, 0.29) is 5.91 Å². The van der Waals surface area contributed by atoms with Gasteiger partial charge >= 0.3 is 0 Å². The van der Waals surface area contributed by atoms with E-state index in [0.29, 0.717) is 45.3 Å². The van der Waals surface area contributed by atoms with Crippen LogP contribution in [0.5, 0.6) is 5.75 Å². The molecule has 0 heterocycles. The zero-order valence-electron chi connectivity index (χ0n) is 13.7. The lowest BCUT2D eigenvalue weighted by atomic mass is 10.2. The molecule has 0 unspecified atom stereocenters. The highest BCUT2D eigenvalue weighted by Gasteiger charge is 2.09. The summed E-state index contributed by atoms with van der Waals surface area (Å²) in [4.78, 5) is 12.1. The average Bonchev–Trinajstić information content (AvgIpc) is 2.58. The molecular weight excluding hydrogens is 401 g/mol. The molecule has 0 bridgehead atoms. The highest BCUT2D eigenvalue weighted by molar-refractivity contribution is 7.98. The number of halogens is 3. The van der Waals surface area contributed by atoms with Crippen LogP contribution in [0.25, 0.3) is 0 Å². The second kappa shape index (κ2) is 10.2. The maximum Gasteiger partial charge on any atom is 0.251 e. The van der Waals surface area contributed by atoms with Gasteiger partial charge in [0.2, 0.25) is 0 Å². The van der Waals surface area contributed by atoms with Gasteiger partial charge in [-0.2, -0.15) is 11.8 Å². The molecule has 7 heteroatoms. The third-order valence-corrected chi connectivity index (χ3v) is 5.32. The first kappa shape index (κ1) is 20.2. The molecule has 0 radical (unpaired) electrons. The van der Waals surface area contributed by atoms with Crippen LogP contribution in [-0.4, -0.2) is 24.8 Å². The number of hydrogen-bond donors (Lipinski definition) is 1. The van der Waals surface area contributed by atoms with Gasteiger partial charge < -0.3 is 10.1 Å². The Morgan fingerprint density at radius 3 is 2.48 bits per heavy atom. The van der Waals surface area contributed by atoms with Gasteiger partial charge in [0.15, 0.2) is 0 Å². The molecule has 0 fully saturated rings. The van der Waals surface area contributed by atoms with Crippen molar-refractivity contribution in [2.24, 2.45) is 0 Å². The van der Waals surface area contributed by atoms with Crippen LogP contribution in [0.3, 0.4) is 0 Å². The lowest BCUT2D eigenvalue weighted by Crippen LogP contribution is -2.25. The molecule has 0 atom stereocenters. The molecule has 0 aliphatic heterocycles. The van der Waals surface area contributed by atoms with Gasteiger partial charge in [0.05, 0.1) is 11.6 Å². The van der Waals surface area contributed by atoms with Gasteiger partial charge in [0.25, 0.3) is 5.91 Å². The Kier molecular flexibility index (Phi) is 8.24. The van der Waals surface area contributed by atoms with Gasteiger partial charge in [-0.3, -0.25) is 4.79 Å². The fraction of sp³-hybridized carbons (Fsp3) is 0.278. The number of rotatable bonds is 8. The predicted molar refractivity (Wildman–Crippen MR) is 108 cm³/mol. The molecule has 2 aromatic carbocycles. The molecule has 0 aliphatic rings. The molecule has 0 spiro atoms. The average molecular weight is 419 g/mol. The normalized spacial score (nSPS) is 10.6. The minimum Gasteiger partial charge on any atom is -0.492 e. The maximum absolute atomic E-state index is 12.1. The first-order chi connectivity index (χ1) is 12.0. The maximum atomic E-state index is 12.1. The van der Waals surface area contributed by atoms with E-state index >= 15 is 0 Å². The second-order valence-corrected chi connectivity index (χ2v) is 7.41. The highest BCUT2D eigenvalue weighted by atomic mass is 35.5. The van der Waals surface area contributed by atoms with Crippen molar-refractivity contribution in [1.82, 2.24) is 5.32 Å². The van der Waals surface area contributed by atoms with E-state index in [9.17, 15) is 4.79 Å². The van der Waals surface area contributed by atoms with Crippen molar-refractivity contribution >= 4 is 52.5 Å². The lowest BCUT2D eigenvalue weighted by Gasteiger charge is -2.09. The number of carbonyl (C=O) groups is 1. The number of thioether (sulfide) groups is 1. The van der Waals surface area contributed by atoms with Crippen LogP contribution in [-0.2, 0) is 5.75 Å². The summed E-state index contributed by atoms with van der Waals surface area (Å²) in [5, 5.41) is 4.62. The van der Waals surface area contributed by atoms with Crippen LogP contribution in [0.15, 0.2) is 36.4 Å². The summed E-state index contributed by atoms with van der Waals surface area (Å²) >= 11 is 20.0. The van der Waals surface area contributed by atoms with Gasteiger partial charge in [-0.25, -0.2) is 0 Å². The summed E-state index contributed by atoms with van der Waals surface area (Å²) in [5.41, 5.74) is 1.42. The minimum atomic E-state index is -0.165. The number of nitrogens with one attached hydrogen (secondary N) is 1. The zero-order chi connectivity index (χ0) is 18.2. The Bertz CT molecular complexity index is 720. The van der Waals surface area contributed by atoms with Crippen LogP contribution in [0.4, 0.5) is 0 Å². The molecule has 0 aromatic heterocycles. The van der Waals surface area contributed by atoms with E-state index in [1.54, 1.807) is 30.0 Å². The van der Waals surface area contributed by atoms with Crippen LogP contribution in [0, 0.1) is 0 Å². The van der Waals surface area contributed by atoms with Crippen LogP contribution in [0.1, 0.15) is 22.8 Å². The molecule has 2 rings (SSSR count). The third kappa shape index (κ3) is 6.00. The van der Waals surface area contributed by atoms with E-state index in [2.05, 4.69) is 5.32 Å². The number of amides is 1. The van der Waals surface area contributed by atoms with Gasteiger partial charge in [0, 0.05) is 33.7 Å². The van der Waals surface area contributed by atoms with E-state index in [1.807, 2.05) is 25.1 Å². The minimum absolute atomic E-state index is 0.165. The molecule has 25 heavy (non-hydrogen) atoms. The monoisotopic (exact) mass is 417 g/mol. The van der Waals surface area contributed by atoms with Crippen molar-refractivity contribution in [2.45, 2.75) is 12.7 Å². The SMILES string of the molecule is CCOc1ccc(C(=O)NCCSCc2c(Cl)cccc2Cl)cc1Cl. The van der Waals surface area contributed by atoms with Gasteiger partial charge in [-0.1, -0.05) is 40.9 Å². The van der Waals surface area contributed by atoms with E-state index in [4.69, 9.17) is 39.5 Å². The summed E-state index contributed by atoms with van der Waals surface area (Å²) in [6.07, 6.45) is 0. The van der Waals surface area contributed by atoms with Crippen molar-refractivity contribution in [3.05, 3.63) is 62.6 Å². The fourth-order valence-corrected chi connectivity index (χ4v) is 3.93. The smallest absolute Gasteiger partial charge is 0.251 e. The van der Waals surface area contributed by atoms with Gasteiger partial charge in [-0.05, 0) is 42.8 Å². The van der Waals surface area contributed by atoms with E-state index < -0.39 is 0 Å². The van der Waals surface area contributed by atoms with E-state index in [1.165, 1.54) is 0 Å². The summed E-state index contributed by atoms with van der Waals surface area (Å²) in [6.45, 7) is 2.94. The summed E-state index contributed by atoms with van der Waals surface area (Å²) in [7, 11) is 0. The number of ether oxygens (including phenoxy) is 1. The highest BCUT2D eigenvalue weighted by Crippen LogP contribution is 2.28. The molecule has 2 aromatic rings. The standard InChI is InChI=1S/C18H18Cl3NO2S/c1-2-24-17-7-6-12(10-16(17)21)18(23)22-8-9-25-11-13-14(19)4-3-5-15(13)20/h3-7,10H,2,8-9,11H2,1H3,(H,22,23). The van der Waals surface area contributed by atoms with Crippen LogP contribution >= 0.6 is 46.6 Å². The molecular formula is C18H18Cl3NO2S.